The Labute approximate surface area is 189 Å². The highest BCUT2D eigenvalue weighted by Gasteiger charge is 2.38. The number of nitrogens with zero attached hydrogens (tertiary/aromatic N) is 5. The molecule has 0 bridgehead atoms. The number of carbonyl (C=O) groups excluding carboxylic acids is 1. The highest BCUT2D eigenvalue weighted by molar-refractivity contribution is 7.13. The Balaban J connectivity index is 1.44. The van der Waals surface area contributed by atoms with Crippen LogP contribution in [0.2, 0.25) is 0 Å². The number of rotatable bonds is 6. The molecule has 0 saturated carbocycles. The van der Waals surface area contributed by atoms with Crippen LogP contribution in [0.5, 0.6) is 0 Å². The zero-order chi connectivity index (χ0) is 22.2. The Morgan fingerprint density at radius 2 is 2.22 bits per heavy atom. The van der Waals surface area contributed by atoms with Crippen molar-refractivity contribution in [2.75, 3.05) is 22.1 Å². The van der Waals surface area contributed by atoms with Crippen molar-refractivity contribution in [1.29, 1.82) is 0 Å². The molecule has 5 rings (SSSR count). The van der Waals surface area contributed by atoms with E-state index in [2.05, 4.69) is 39.7 Å². The van der Waals surface area contributed by atoms with Gasteiger partial charge in [0.1, 0.15) is 11.9 Å². The molecule has 0 aromatic carbocycles. The highest BCUT2D eigenvalue weighted by atomic mass is 32.1. The maximum Gasteiger partial charge on any atom is 0.249 e. The van der Waals surface area contributed by atoms with Crippen molar-refractivity contribution in [3.63, 3.8) is 0 Å². The van der Waals surface area contributed by atoms with Gasteiger partial charge >= 0.3 is 0 Å². The van der Waals surface area contributed by atoms with Crippen molar-refractivity contribution in [1.82, 2.24) is 25.1 Å². The van der Waals surface area contributed by atoms with Gasteiger partial charge in [0, 0.05) is 41.9 Å². The third kappa shape index (κ3) is 4.05. The number of aliphatic hydroxyl groups excluding tert-OH is 1. The zero-order valence-corrected chi connectivity index (χ0v) is 18.8. The van der Waals surface area contributed by atoms with E-state index in [1.165, 1.54) is 11.3 Å². The largest absolute Gasteiger partial charge is 0.391 e. The van der Waals surface area contributed by atoms with Crippen LogP contribution in [0, 0.1) is 0 Å². The molecule has 2 aliphatic rings. The summed E-state index contributed by atoms with van der Waals surface area (Å²) in [5, 5.41) is 26.3. The number of aromatic nitrogens is 5. The van der Waals surface area contributed by atoms with Crippen molar-refractivity contribution >= 4 is 40.0 Å². The Kier molecular flexibility index (Phi) is 5.51. The average molecular weight is 455 g/mol. The van der Waals surface area contributed by atoms with Crippen LogP contribution >= 0.6 is 11.3 Å². The Morgan fingerprint density at radius 1 is 1.34 bits per heavy atom. The number of H-pyrrole nitrogens is 1. The third-order valence-corrected chi connectivity index (χ3v) is 6.58. The van der Waals surface area contributed by atoms with Gasteiger partial charge in [-0.2, -0.15) is 10.1 Å². The zero-order valence-electron chi connectivity index (χ0n) is 18.0. The molecule has 3 aromatic heterocycles. The van der Waals surface area contributed by atoms with Gasteiger partial charge < -0.3 is 20.6 Å². The molecular weight excluding hydrogens is 428 g/mol. The van der Waals surface area contributed by atoms with Gasteiger partial charge in [-0.1, -0.05) is 13.8 Å². The van der Waals surface area contributed by atoms with E-state index in [1.807, 2.05) is 6.07 Å². The molecule has 4 heterocycles. The van der Waals surface area contributed by atoms with Gasteiger partial charge in [-0.05, 0) is 25.2 Å². The number of hydrogen-bond acceptors (Lipinski definition) is 9. The number of carbonyl (C=O) groups is 1. The van der Waals surface area contributed by atoms with E-state index in [0.717, 1.165) is 36.2 Å². The standard InChI is InChI=1S/C21H26N8O2S/c1-11(2)15-9-17(28-27-15)24-18-13-4-3-5-14(13)23-20(25-18)29-10-12(30)8-16(29)19(31)26-21-22-6-7-32-21/h6-7,9,11-12,16,30H,3-5,8,10H2,1-2H3,(H,22,26,31)(H2,23,24,25,27,28). The van der Waals surface area contributed by atoms with Crippen molar-refractivity contribution in [2.24, 2.45) is 0 Å². The molecule has 168 valence electrons. The van der Waals surface area contributed by atoms with E-state index in [0.29, 0.717) is 41.6 Å². The average Bonchev–Trinajstić information content (AvgIpc) is 3.54. The molecule has 11 heteroatoms. The fraction of sp³-hybridized carbons (Fsp3) is 0.476. The summed E-state index contributed by atoms with van der Waals surface area (Å²) in [6.45, 7) is 4.51. The summed E-state index contributed by atoms with van der Waals surface area (Å²) in [4.78, 5) is 28.4. The highest BCUT2D eigenvalue weighted by Crippen LogP contribution is 2.33. The lowest BCUT2D eigenvalue weighted by Crippen LogP contribution is -2.40. The van der Waals surface area contributed by atoms with E-state index in [-0.39, 0.29) is 5.91 Å². The van der Waals surface area contributed by atoms with Crippen molar-refractivity contribution in [2.45, 2.75) is 57.6 Å². The molecule has 1 amide bonds. The SMILES string of the molecule is CC(C)c1cc(Nc2nc(N3CC(O)CC3C(=O)Nc3nccs3)nc3c2CCC3)n[nH]1. The Bertz CT molecular complexity index is 1110. The first kappa shape index (κ1) is 20.8. The predicted molar refractivity (Wildman–Crippen MR) is 123 cm³/mol. The number of amides is 1. The summed E-state index contributed by atoms with van der Waals surface area (Å²) in [5.41, 5.74) is 3.11. The summed E-state index contributed by atoms with van der Waals surface area (Å²) >= 11 is 1.36. The second kappa shape index (κ2) is 8.47. The fourth-order valence-electron chi connectivity index (χ4n) is 4.23. The minimum Gasteiger partial charge on any atom is -0.391 e. The van der Waals surface area contributed by atoms with Crippen LogP contribution in [0.25, 0.3) is 0 Å². The summed E-state index contributed by atoms with van der Waals surface area (Å²) in [5.74, 6) is 1.98. The number of aryl methyl sites for hydroxylation is 1. The van der Waals surface area contributed by atoms with E-state index < -0.39 is 12.1 Å². The molecule has 1 aliphatic heterocycles. The summed E-state index contributed by atoms with van der Waals surface area (Å²) < 4.78 is 0. The number of fused-ring (bicyclic) bond motifs is 1. The molecular formula is C21H26N8O2S. The van der Waals surface area contributed by atoms with Crippen LogP contribution in [0.3, 0.4) is 0 Å². The monoisotopic (exact) mass is 454 g/mol. The minimum atomic E-state index is -0.629. The van der Waals surface area contributed by atoms with Crippen molar-refractivity contribution in [3.8, 4) is 0 Å². The second-order valence-corrected chi connectivity index (χ2v) is 9.42. The number of thiazole rings is 1. The van der Waals surface area contributed by atoms with Crippen LogP contribution in [0.4, 0.5) is 22.7 Å². The summed E-state index contributed by atoms with van der Waals surface area (Å²) in [6.07, 6.45) is 4.10. The Morgan fingerprint density at radius 3 is 2.97 bits per heavy atom. The molecule has 10 nitrogen and oxygen atoms in total. The van der Waals surface area contributed by atoms with E-state index >= 15 is 0 Å². The lowest BCUT2D eigenvalue weighted by molar-refractivity contribution is -0.117. The first-order chi connectivity index (χ1) is 15.5. The topological polar surface area (TPSA) is 132 Å². The maximum atomic E-state index is 12.9. The molecule has 1 saturated heterocycles. The Hall–Kier alpha value is -3.05. The fourth-order valence-corrected chi connectivity index (χ4v) is 4.76. The number of aliphatic hydroxyl groups is 1. The van der Waals surface area contributed by atoms with Gasteiger partial charge in [0.25, 0.3) is 0 Å². The van der Waals surface area contributed by atoms with E-state index in [9.17, 15) is 9.90 Å². The molecule has 0 spiro atoms. The van der Waals surface area contributed by atoms with Crippen LogP contribution in [0.15, 0.2) is 17.6 Å². The van der Waals surface area contributed by atoms with Crippen LogP contribution in [-0.4, -0.2) is 54.9 Å². The summed E-state index contributed by atoms with van der Waals surface area (Å²) in [7, 11) is 0. The van der Waals surface area contributed by atoms with Crippen LogP contribution < -0.4 is 15.5 Å². The van der Waals surface area contributed by atoms with Crippen LogP contribution in [-0.2, 0) is 17.6 Å². The molecule has 1 aliphatic carbocycles. The first-order valence-corrected chi connectivity index (χ1v) is 11.7. The molecule has 4 N–H and O–H groups in total. The molecule has 0 radical (unpaired) electrons. The summed E-state index contributed by atoms with van der Waals surface area (Å²) in [6, 6.07) is 1.41. The molecule has 1 fully saturated rings. The lowest BCUT2D eigenvalue weighted by Gasteiger charge is -2.24. The molecule has 2 atom stereocenters. The number of aromatic amines is 1. The van der Waals surface area contributed by atoms with Crippen LogP contribution in [0.1, 0.15) is 49.6 Å². The van der Waals surface area contributed by atoms with Gasteiger partial charge in [-0.25, -0.2) is 9.97 Å². The number of nitrogens with one attached hydrogen (secondary N) is 3. The number of hydrogen-bond donors (Lipinski definition) is 4. The van der Waals surface area contributed by atoms with Gasteiger partial charge in [0.05, 0.1) is 11.8 Å². The lowest BCUT2D eigenvalue weighted by atomic mass is 10.1. The number of anilines is 4. The second-order valence-electron chi connectivity index (χ2n) is 8.52. The predicted octanol–water partition coefficient (Wildman–Crippen LogP) is 2.59. The van der Waals surface area contributed by atoms with Gasteiger partial charge in [-0.3, -0.25) is 9.89 Å². The maximum absolute atomic E-state index is 12.9. The first-order valence-electron chi connectivity index (χ1n) is 10.8. The van der Waals surface area contributed by atoms with Gasteiger partial charge in [0.15, 0.2) is 10.9 Å². The quantitative estimate of drug-likeness (QED) is 0.447. The molecule has 2 unspecified atom stereocenters. The smallest absolute Gasteiger partial charge is 0.249 e. The number of β-amino-alcohol motifs (C(OH)–C–C–N with tert-alkyl or cyclic N) is 1. The van der Waals surface area contributed by atoms with E-state index in [1.54, 1.807) is 16.5 Å². The third-order valence-electron chi connectivity index (χ3n) is 5.89. The van der Waals surface area contributed by atoms with Crippen molar-refractivity contribution in [3.05, 3.63) is 34.6 Å². The van der Waals surface area contributed by atoms with Gasteiger partial charge in [-0.15, -0.1) is 11.3 Å². The van der Waals surface area contributed by atoms with Crippen molar-refractivity contribution < 1.29 is 9.90 Å². The van der Waals surface area contributed by atoms with E-state index in [4.69, 9.17) is 9.97 Å². The minimum absolute atomic E-state index is 0.219. The normalized spacial score (nSPS) is 20.1. The molecule has 32 heavy (non-hydrogen) atoms. The van der Waals surface area contributed by atoms with Gasteiger partial charge in [0.2, 0.25) is 11.9 Å². The molecule has 3 aromatic rings.